The number of nitrogens with one attached hydrogen (secondary N) is 2. The van der Waals surface area contributed by atoms with Crippen molar-refractivity contribution in [1.82, 2.24) is 34.6 Å². The topological polar surface area (TPSA) is 127 Å². The Hall–Kier alpha value is -3.82. The van der Waals surface area contributed by atoms with E-state index in [4.69, 9.17) is 24.5 Å². The molecule has 2 aliphatic carbocycles. The van der Waals surface area contributed by atoms with Crippen molar-refractivity contribution in [2.24, 2.45) is 11.8 Å². The monoisotopic (exact) mass is 542 g/mol. The summed E-state index contributed by atoms with van der Waals surface area (Å²) in [5.41, 5.74) is 4.98. The van der Waals surface area contributed by atoms with Crippen molar-refractivity contribution in [3.05, 3.63) is 46.1 Å². The molecule has 2 atom stereocenters. The Labute approximate surface area is 233 Å². The molecule has 0 bridgehead atoms. The Bertz CT molecular complexity index is 1590. The van der Waals surface area contributed by atoms with Gasteiger partial charge in [-0.3, -0.25) is 14.5 Å². The summed E-state index contributed by atoms with van der Waals surface area (Å²) in [6.07, 6.45) is 12.4. The first-order chi connectivity index (χ1) is 19.4. The number of hydrogen-bond donors (Lipinski definition) is 2. The van der Waals surface area contributed by atoms with E-state index in [-0.39, 0.29) is 17.7 Å². The van der Waals surface area contributed by atoms with Gasteiger partial charge in [-0.1, -0.05) is 44.0 Å². The van der Waals surface area contributed by atoms with Gasteiger partial charge in [-0.05, 0) is 80.9 Å². The summed E-state index contributed by atoms with van der Waals surface area (Å²) in [7, 11) is 0. The summed E-state index contributed by atoms with van der Waals surface area (Å²) >= 11 is 0. The third-order valence-corrected chi connectivity index (χ3v) is 8.66. The molecule has 4 aromatic rings. The summed E-state index contributed by atoms with van der Waals surface area (Å²) in [5.74, 6) is 2.73. The first-order valence-electron chi connectivity index (χ1n) is 14.6. The third-order valence-electron chi connectivity index (χ3n) is 8.66. The number of fused-ring (bicyclic) bond motifs is 1. The molecule has 4 heterocycles. The highest BCUT2D eigenvalue weighted by Gasteiger charge is 2.28. The van der Waals surface area contributed by atoms with E-state index in [0.29, 0.717) is 29.2 Å². The number of aromatic amines is 1. The molecule has 0 aromatic carbocycles. The van der Waals surface area contributed by atoms with E-state index < -0.39 is 5.76 Å². The zero-order chi connectivity index (χ0) is 27.8. The van der Waals surface area contributed by atoms with Gasteiger partial charge in [-0.25, -0.2) is 19.7 Å². The molecule has 40 heavy (non-hydrogen) atoms. The number of H-pyrrole nitrogens is 1. The van der Waals surface area contributed by atoms with E-state index in [9.17, 15) is 4.79 Å². The van der Waals surface area contributed by atoms with Gasteiger partial charge in [0.05, 0.1) is 0 Å². The molecule has 1 fully saturated rings. The lowest BCUT2D eigenvalue weighted by Crippen LogP contribution is -2.31. The van der Waals surface area contributed by atoms with Gasteiger partial charge >= 0.3 is 5.76 Å². The predicted molar refractivity (Wildman–Crippen MR) is 155 cm³/mol. The van der Waals surface area contributed by atoms with Gasteiger partial charge in [0.25, 0.3) is 0 Å². The molecule has 10 heteroatoms. The van der Waals surface area contributed by atoms with Crippen molar-refractivity contribution >= 4 is 17.0 Å². The number of nitrogens with zero attached hydrogens (tertiary/aromatic N) is 6. The van der Waals surface area contributed by atoms with Gasteiger partial charge in [-0.2, -0.15) is 0 Å². The number of aromatic nitrogens is 7. The van der Waals surface area contributed by atoms with E-state index in [0.717, 1.165) is 49.3 Å². The second kappa shape index (κ2) is 11.0. The van der Waals surface area contributed by atoms with Crippen molar-refractivity contribution in [1.29, 1.82) is 0 Å². The number of pyridine rings is 1. The largest absolute Gasteiger partial charge is 0.439 e. The van der Waals surface area contributed by atoms with Crippen molar-refractivity contribution < 1.29 is 4.52 Å². The van der Waals surface area contributed by atoms with Gasteiger partial charge < -0.3 is 9.88 Å². The van der Waals surface area contributed by atoms with Crippen LogP contribution in [0.3, 0.4) is 0 Å². The summed E-state index contributed by atoms with van der Waals surface area (Å²) in [6, 6.07) is 4.42. The quantitative estimate of drug-likeness (QED) is 0.243. The van der Waals surface area contributed by atoms with Crippen molar-refractivity contribution in [3.8, 4) is 23.2 Å². The summed E-state index contributed by atoms with van der Waals surface area (Å²) in [4.78, 5) is 33.8. The van der Waals surface area contributed by atoms with Gasteiger partial charge in [0, 0.05) is 18.8 Å². The third kappa shape index (κ3) is 5.19. The summed E-state index contributed by atoms with van der Waals surface area (Å²) in [5, 5.41) is 7.55. The number of hydrogen-bond acceptors (Lipinski definition) is 8. The van der Waals surface area contributed by atoms with E-state index in [1.54, 1.807) is 5.57 Å². The highest BCUT2D eigenvalue weighted by Crippen LogP contribution is 2.36. The zero-order valence-electron chi connectivity index (χ0n) is 23.8. The minimum atomic E-state index is -0.645. The number of rotatable bonds is 9. The minimum Gasteiger partial charge on any atom is -0.365 e. The molecule has 1 saturated carbocycles. The Balaban J connectivity index is 1.52. The SMILES string of the molecule is CCC1=CCC(Cn2c(-c3cc(C(C)C)ccn3)nc3nc(-c4noc(=O)[nH]4)nc(N[C@H](C)C4CCC4)c32)CC1. The second-order valence-corrected chi connectivity index (χ2v) is 11.7. The number of allylic oxidation sites excluding steroid dienone is 2. The molecule has 0 amide bonds. The van der Waals surface area contributed by atoms with Gasteiger partial charge in [0.1, 0.15) is 11.2 Å². The lowest BCUT2D eigenvalue weighted by atomic mass is 9.80. The average molecular weight is 543 g/mol. The zero-order valence-corrected chi connectivity index (χ0v) is 23.8. The molecular formula is C30H38N8O2. The first kappa shape index (κ1) is 26.4. The van der Waals surface area contributed by atoms with Crippen LogP contribution in [0.1, 0.15) is 84.1 Å². The van der Waals surface area contributed by atoms with Crippen LogP contribution in [0.2, 0.25) is 0 Å². The summed E-state index contributed by atoms with van der Waals surface area (Å²) in [6.45, 7) is 9.61. The van der Waals surface area contributed by atoms with Crippen LogP contribution in [0.25, 0.3) is 34.3 Å². The minimum absolute atomic E-state index is 0.187. The van der Waals surface area contributed by atoms with E-state index in [1.165, 1.54) is 24.8 Å². The van der Waals surface area contributed by atoms with Crippen LogP contribution in [0, 0.1) is 11.8 Å². The molecule has 2 aliphatic rings. The second-order valence-electron chi connectivity index (χ2n) is 11.7. The van der Waals surface area contributed by atoms with Crippen molar-refractivity contribution in [2.75, 3.05) is 5.32 Å². The van der Waals surface area contributed by atoms with Crippen molar-refractivity contribution in [3.63, 3.8) is 0 Å². The highest BCUT2D eigenvalue weighted by molar-refractivity contribution is 5.88. The molecule has 0 radical (unpaired) electrons. The van der Waals surface area contributed by atoms with Crippen LogP contribution in [-0.2, 0) is 6.54 Å². The predicted octanol–water partition coefficient (Wildman–Crippen LogP) is 6.09. The standard InChI is InChI=1S/C30H38N8O2/c1-5-19-9-11-20(12-10-19)16-38-24-25(32-18(4)21-7-6-8-21)33-27(28-36-30(39)40-37-28)34-26(24)35-29(38)23-15-22(17(2)3)13-14-31-23/h9,13-15,17-18,20-21H,5-8,10-12,16H2,1-4H3,(H,32,33,34)(H,36,37,39)/t18-,20?/m1/s1. The molecule has 1 unspecified atom stereocenters. The van der Waals surface area contributed by atoms with Crippen LogP contribution >= 0.6 is 0 Å². The fourth-order valence-corrected chi connectivity index (χ4v) is 5.83. The lowest BCUT2D eigenvalue weighted by Gasteiger charge is -2.32. The fraction of sp³-hybridized carbons (Fsp3) is 0.533. The van der Waals surface area contributed by atoms with Crippen LogP contribution in [0.15, 0.2) is 39.3 Å². The highest BCUT2D eigenvalue weighted by atomic mass is 16.5. The summed E-state index contributed by atoms with van der Waals surface area (Å²) < 4.78 is 7.03. The maximum Gasteiger partial charge on any atom is 0.439 e. The number of imidazole rings is 1. The van der Waals surface area contributed by atoms with Gasteiger partial charge in [0.2, 0.25) is 11.6 Å². The molecule has 2 N–H and O–H groups in total. The molecule has 0 spiro atoms. The maximum absolute atomic E-state index is 11.7. The van der Waals surface area contributed by atoms with Gasteiger partial charge in [0.15, 0.2) is 17.3 Å². The molecule has 0 saturated heterocycles. The maximum atomic E-state index is 11.7. The van der Waals surface area contributed by atoms with Crippen LogP contribution < -0.4 is 11.1 Å². The smallest absolute Gasteiger partial charge is 0.365 e. The van der Waals surface area contributed by atoms with Crippen LogP contribution in [0.5, 0.6) is 0 Å². The molecule has 10 nitrogen and oxygen atoms in total. The Morgan fingerprint density at radius 1 is 1.18 bits per heavy atom. The Morgan fingerprint density at radius 2 is 2.02 bits per heavy atom. The van der Waals surface area contributed by atoms with E-state index >= 15 is 0 Å². The van der Waals surface area contributed by atoms with Crippen LogP contribution in [0.4, 0.5) is 5.82 Å². The lowest BCUT2D eigenvalue weighted by molar-refractivity contribution is 0.285. The molecule has 6 rings (SSSR count). The van der Waals surface area contributed by atoms with E-state index in [2.05, 4.69) is 65.9 Å². The Kier molecular flexibility index (Phi) is 7.25. The van der Waals surface area contributed by atoms with E-state index in [1.807, 2.05) is 6.20 Å². The van der Waals surface area contributed by atoms with Crippen LogP contribution in [-0.4, -0.2) is 40.7 Å². The average Bonchev–Trinajstić information content (AvgIpc) is 3.52. The Morgan fingerprint density at radius 3 is 2.67 bits per heavy atom. The number of anilines is 1. The normalized spacial score (nSPS) is 18.6. The first-order valence-corrected chi connectivity index (χ1v) is 14.6. The van der Waals surface area contributed by atoms with Gasteiger partial charge in [-0.15, -0.1) is 0 Å². The fourth-order valence-electron chi connectivity index (χ4n) is 5.83. The van der Waals surface area contributed by atoms with Crippen molar-refractivity contribution in [2.45, 2.75) is 91.1 Å². The molecule has 4 aromatic heterocycles. The molecular weight excluding hydrogens is 504 g/mol. The molecule has 210 valence electrons. The molecule has 0 aliphatic heterocycles.